The summed E-state index contributed by atoms with van der Waals surface area (Å²) in [4.78, 5) is 30.7. The van der Waals surface area contributed by atoms with Gasteiger partial charge in [-0.1, -0.05) is 18.0 Å². The van der Waals surface area contributed by atoms with Crippen molar-refractivity contribution in [2.24, 2.45) is 5.92 Å². The molecule has 0 amide bonds. The summed E-state index contributed by atoms with van der Waals surface area (Å²) in [6.07, 6.45) is 0.559. The molecule has 0 spiro atoms. The zero-order chi connectivity index (χ0) is 32.8. The van der Waals surface area contributed by atoms with Crippen molar-refractivity contribution in [3.63, 3.8) is 0 Å². The maximum Gasteiger partial charge on any atom is 0.472 e. The highest BCUT2D eigenvalue weighted by molar-refractivity contribution is 7.47. The van der Waals surface area contributed by atoms with Crippen LogP contribution in [0.4, 0.5) is 11.5 Å². The lowest BCUT2D eigenvalue weighted by Gasteiger charge is -2.20. The Kier molecular flexibility index (Phi) is 11.1. The standard InChI is InChI=1S/C30H37ClN5O9P/c1-42-20-6-8-23-22(13-20)29(21-7-5-19(31)12-24(21)34-23)33-10-3-2-4-18(15-37)16-43-46(40,41)44-17-26-25(38)14-28(45-26)36-11-9-27(32)35-30(36)39/h5-9,11-13,18,25-26,28,37-38H,2-4,10,14-17H2,1H3,(H,33,34)(H,40,41)(H2,32,35,39)/t18?,25-,26+,28+/m0/s1. The summed E-state index contributed by atoms with van der Waals surface area (Å²) in [5.41, 5.74) is 7.34. The van der Waals surface area contributed by atoms with Gasteiger partial charge >= 0.3 is 13.5 Å². The number of hydrogen-bond donors (Lipinski definition) is 5. The average molecular weight is 678 g/mol. The summed E-state index contributed by atoms with van der Waals surface area (Å²) in [5, 5.41) is 26.1. The van der Waals surface area contributed by atoms with Gasteiger partial charge in [0.15, 0.2) is 0 Å². The molecule has 3 heterocycles. The number of nitrogens with zero attached hydrogens (tertiary/aromatic N) is 3. The number of phosphoric acid groups is 1. The van der Waals surface area contributed by atoms with Crippen LogP contribution in [0.3, 0.4) is 0 Å². The van der Waals surface area contributed by atoms with Crippen molar-refractivity contribution in [2.75, 3.05) is 44.5 Å². The van der Waals surface area contributed by atoms with Gasteiger partial charge in [0.25, 0.3) is 0 Å². The summed E-state index contributed by atoms with van der Waals surface area (Å²) < 4.78 is 35.0. The zero-order valence-corrected chi connectivity index (χ0v) is 26.8. The fourth-order valence-electron chi connectivity index (χ4n) is 5.30. The van der Waals surface area contributed by atoms with Crippen molar-refractivity contribution < 1.29 is 38.2 Å². The highest BCUT2D eigenvalue weighted by atomic mass is 35.5. The van der Waals surface area contributed by atoms with E-state index in [-0.39, 0.29) is 25.5 Å². The van der Waals surface area contributed by atoms with E-state index >= 15 is 0 Å². The SMILES string of the molecule is COc1ccc2nc3cc(Cl)ccc3c(NCCCCC(CO)COP(=O)(O)OC[C@H]3O[C@@H](n4ccc(N)nc4=O)C[C@@H]3O)c2c1. The minimum absolute atomic E-state index is 0.0493. The van der Waals surface area contributed by atoms with Crippen LogP contribution in [0, 0.1) is 5.92 Å². The summed E-state index contributed by atoms with van der Waals surface area (Å²) >= 11 is 6.22. The Hall–Kier alpha value is -3.33. The second kappa shape index (κ2) is 15.1. The van der Waals surface area contributed by atoms with E-state index in [4.69, 9.17) is 40.8 Å². The number of anilines is 2. The number of halogens is 1. The number of pyridine rings is 1. The number of fused-ring (bicyclic) bond motifs is 2. The minimum atomic E-state index is -4.53. The molecule has 0 aliphatic carbocycles. The van der Waals surface area contributed by atoms with Crippen LogP contribution in [0.15, 0.2) is 53.5 Å². The topological polar surface area (TPSA) is 201 Å². The smallest absolute Gasteiger partial charge is 0.472 e. The van der Waals surface area contributed by atoms with Gasteiger partial charge in [-0.15, -0.1) is 0 Å². The molecule has 1 aliphatic heterocycles. The van der Waals surface area contributed by atoms with Crippen molar-refractivity contribution in [1.82, 2.24) is 14.5 Å². The Balaban J connectivity index is 1.09. The van der Waals surface area contributed by atoms with Gasteiger partial charge in [0, 0.05) is 47.5 Å². The number of nitrogens with one attached hydrogen (secondary N) is 1. The first kappa shape index (κ1) is 34.0. The predicted octanol–water partition coefficient (Wildman–Crippen LogP) is 3.86. The van der Waals surface area contributed by atoms with E-state index in [1.54, 1.807) is 7.11 Å². The molecule has 14 nitrogen and oxygen atoms in total. The lowest BCUT2D eigenvalue weighted by Crippen LogP contribution is -2.28. The molecule has 1 fully saturated rings. The first-order valence-electron chi connectivity index (χ1n) is 14.8. The predicted molar refractivity (Wildman–Crippen MR) is 173 cm³/mol. The normalized spacial score (nSPS) is 20.2. The number of aliphatic hydroxyl groups excluding tert-OH is 2. The highest BCUT2D eigenvalue weighted by Gasteiger charge is 2.37. The van der Waals surface area contributed by atoms with E-state index in [1.165, 1.54) is 16.8 Å². The summed E-state index contributed by atoms with van der Waals surface area (Å²) in [5.74, 6) is 0.363. The van der Waals surface area contributed by atoms with Crippen LogP contribution >= 0.6 is 19.4 Å². The molecule has 1 saturated heterocycles. The Morgan fingerprint density at radius 2 is 1.98 bits per heavy atom. The molecular formula is C30H37ClN5O9P. The number of nitrogens with two attached hydrogens (primary N) is 1. The third kappa shape index (κ3) is 8.33. The number of ether oxygens (including phenoxy) is 2. The van der Waals surface area contributed by atoms with Crippen LogP contribution in [0.5, 0.6) is 5.75 Å². The Labute approximate surface area is 269 Å². The second-order valence-corrected chi connectivity index (χ2v) is 12.9. The molecule has 0 radical (unpaired) electrons. The van der Waals surface area contributed by atoms with Crippen molar-refractivity contribution in [3.05, 3.63) is 64.2 Å². The average Bonchev–Trinajstić information content (AvgIpc) is 3.40. The van der Waals surface area contributed by atoms with Gasteiger partial charge in [-0.2, -0.15) is 4.98 Å². The van der Waals surface area contributed by atoms with Crippen molar-refractivity contribution in [2.45, 2.75) is 44.1 Å². The number of benzene rings is 2. The first-order valence-corrected chi connectivity index (χ1v) is 16.7. The fourth-order valence-corrected chi connectivity index (χ4v) is 6.27. The van der Waals surface area contributed by atoms with Crippen LogP contribution < -0.4 is 21.5 Å². The van der Waals surface area contributed by atoms with Gasteiger partial charge in [0.05, 0.1) is 43.1 Å². The van der Waals surface area contributed by atoms with Crippen LogP contribution in [-0.2, 0) is 18.3 Å². The quantitative estimate of drug-likeness (QED) is 0.0691. The molecule has 6 N–H and O–H groups in total. The number of hydrogen-bond acceptors (Lipinski definition) is 12. The van der Waals surface area contributed by atoms with Gasteiger partial charge in [0.2, 0.25) is 0 Å². The number of nitrogen functional groups attached to an aromatic ring is 1. The minimum Gasteiger partial charge on any atom is -0.497 e. The molecule has 4 aromatic rings. The molecule has 2 aromatic heterocycles. The zero-order valence-electron chi connectivity index (χ0n) is 25.1. The number of unbranched alkanes of at least 4 members (excludes halogenated alkanes) is 1. The van der Waals surface area contributed by atoms with Crippen molar-refractivity contribution in [3.8, 4) is 5.75 Å². The van der Waals surface area contributed by atoms with Crippen LogP contribution in [0.25, 0.3) is 21.8 Å². The van der Waals surface area contributed by atoms with Gasteiger partial charge in [-0.05, 0) is 55.3 Å². The van der Waals surface area contributed by atoms with E-state index in [9.17, 15) is 24.5 Å². The summed E-state index contributed by atoms with van der Waals surface area (Å²) in [6.45, 7) is -0.280. The Morgan fingerprint density at radius 1 is 1.15 bits per heavy atom. The maximum absolute atomic E-state index is 12.5. The number of methoxy groups -OCH3 is 1. The number of phosphoric ester groups is 1. The highest BCUT2D eigenvalue weighted by Crippen LogP contribution is 2.45. The number of aromatic nitrogens is 3. The molecule has 5 atom stereocenters. The van der Waals surface area contributed by atoms with Gasteiger partial charge in [0.1, 0.15) is 23.9 Å². The summed E-state index contributed by atoms with van der Waals surface area (Å²) in [6, 6.07) is 12.7. The van der Waals surface area contributed by atoms with E-state index in [2.05, 4.69) is 10.3 Å². The van der Waals surface area contributed by atoms with E-state index < -0.39 is 44.5 Å². The lowest BCUT2D eigenvalue weighted by molar-refractivity contribution is -0.0470. The van der Waals surface area contributed by atoms with Crippen LogP contribution in [0.2, 0.25) is 5.02 Å². The molecule has 248 valence electrons. The monoisotopic (exact) mass is 677 g/mol. The van der Waals surface area contributed by atoms with Gasteiger partial charge < -0.3 is 35.6 Å². The Bertz CT molecular complexity index is 1780. The molecule has 0 bridgehead atoms. The number of aliphatic hydroxyl groups is 2. The lowest BCUT2D eigenvalue weighted by atomic mass is 10.0. The molecule has 0 saturated carbocycles. The third-order valence-corrected chi connectivity index (χ3v) is 8.97. The maximum atomic E-state index is 12.5. The fraction of sp³-hybridized carbons (Fsp3) is 0.433. The molecule has 5 rings (SSSR count). The van der Waals surface area contributed by atoms with Crippen LogP contribution in [0.1, 0.15) is 31.9 Å². The molecule has 46 heavy (non-hydrogen) atoms. The van der Waals surface area contributed by atoms with Gasteiger partial charge in [-0.3, -0.25) is 13.6 Å². The number of rotatable bonds is 15. The molecule has 2 unspecified atom stereocenters. The van der Waals surface area contributed by atoms with Crippen molar-refractivity contribution >= 4 is 52.7 Å². The summed E-state index contributed by atoms with van der Waals surface area (Å²) in [7, 11) is -2.91. The second-order valence-electron chi connectivity index (χ2n) is 11.0. The van der Waals surface area contributed by atoms with Gasteiger partial charge in [-0.25, -0.2) is 14.3 Å². The van der Waals surface area contributed by atoms with E-state index in [0.29, 0.717) is 30.2 Å². The molecule has 16 heteroatoms. The third-order valence-electron chi connectivity index (χ3n) is 7.78. The Morgan fingerprint density at radius 3 is 2.74 bits per heavy atom. The largest absolute Gasteiger partial charge is 0.497 e. The van der Waals surface area contributed by atoms with E-state index in [0.717, 1.165) is 33.9 Å². The molecular weight excluding hydrogens is 641 g/mol. The van der Waals surface area contributed by atoms with Crippen LogP contribution in [-0.4, -0.2) is 75.3 Å². The first-order chi connectivity index (χ1) is 22.1. The molecule has 1 aliphatic rings. The van der Waals surface area contributed by atoms with E-state index in [1.807, 2.05) is 36.4 Å². The van der Waals surface area contributed by atoms with Crippen molar-refractivity contribution in [1.29, 1.82) is 0 Å². The molecule has 2 aromatic carbocycles.